The normalized spacial score (nSPS) is 10.6. The number of hydrogen-bond donors (Lipinski definition) is 0. The number of hydrogen-bond acceptors (Lipinski definition) is 3. The second-order valence-electron chi connectivity index (χ2n) is 4.37. The molecule has 0 N–H and O–H groups in total. The quantitative estimate of drug-likeness (QED) is 0.551. The third-order valence-corrected chi connectivity index (χ3v) is 5.33. The van der Waals surface area contributed by atoms with Crippen molar-refractivity contribution in [2.75, 3.05) is 7.11 Å². The lowest BCUT2D eigenvalue weighted by Crippen LogP contribution is -1.82. The van der Waals surface area contributed by atoms with Crippen molar-refractivity contribution < 1.29 is 9.13 Å². The van der Waals surface area contributed by atoms with Crippen LogP contribution in [0.2, 0.25) is 0 Å². The summed E-state index contributed by atoms with van der Waals surface area (Å²) >= 11 is 3.82. The van der Waals surface area contributed by atoms with Crippen LogP contribution in [0.15, 0.2) is 48.5 Å². The smallest absolute Gasteiger partial charge is 0.125 e. The van der Waals surface area contributed by atoms with Gasteiger partial charge in [-0.1, -0.05) is 12.1 Å². The van der Waals surface area contributed by atoms with E-state index in [1.807, 2.05) is 24.3 Å². The van der Waals surface area contributed by atoms with Crippen LogP contribution < -0.4 is 4.74 Å². The summed E-state index contributed by atoms with van der Waals surface area (Å²) in [6.45, 7) is 0. The van der Waals surface area contributed by atoms with Crippen LogP contribution in [0.3, 0.4) is 0 Å². The molecular formula is C16H11FINOS. The Labute approximate surface area is 139 Å². The molecule has 3 rings (SSSR count). The van der Waals surface area contributed by atoms with Crippen LogP contribution in [-0.2, 0) is 0 Å². The van der Waals surface area contributed by atoms with Crippen LogP contribution in [0.1, 0.15) is 0 Å². The van der Waals surface area contributed by atoms with Crippen molar-refractivity contribution in [2.24, 2.45) is 0 Å². The Kier molecular flexibility index (Phi) is 4.21. The van der Waals surface area contributed by atoms with E-state index in [-0.39, 0.29) is 5.82 Å². The first-order chi connectivity index (χ1) is 10.2. The maximum Gasteiger partial charge on any atom is 0.125 e. The minimum Gasteiger partial charge on any atom is -0.497 e. The molecule has 5 heteroatoms. The Bertz CT molecular complexity index is 753. The fraction of sp³-hybridized carbons (Fsp3) is 0.0625. The summed E-state index contributed by atoms with van der Waals surface area (Å²) in [7, 11) is 1.65. The third-order valence-electron chi connectivity index (χ3n) is 3.03. The van der Waals surface area contributed by atoms with E-state index in [1.165, 1.54) is 12.1 Å². The predicted molar refractivity (Wildman–Crippen MR) is 92.2 cm³/mol. The first-order valence-corrected chi connectivity index (χ1v) is 8.13. The fourth-order valence-corrected chi connectivity index (χ4v) is 3.95. The highest BCUT2D eigenvalue weighted by Gasteiger charge is 2.12. The number of rotatable bonds is 3. The SMILES string of the molecule is COc1ccc(-c2nc(I)c(-c3ccc(F)cc3)s2)cc1. The summed E-state index contributed by atoms with van der Waals surface area (Å²) in [5.74, 6) is 0.595. The Morgan fingerprint density at radius 3 is 2.24 bits per heavy atom. The van der Waals surface area contributed by atoms with Gasteiger partial charge in [0.15, 0.2) is 0 Å². The zero-order valence-corrected chi connectivity index (χ0v) is 14.1. The van der Waals surface area contributed by atoms with Gasteiger partial charge in [-0.3, -0.25) is 0 Å². The zero-order chi connectivity index (χ0) is 14.8. The largest absolute Gasteiger partial charge is 0.497 e. The maximum absolute atomic E-state index is 13.0. The Balaban J connectivity index is 1.98. The van der Waals surface area contributed by atoms with Gasteiger partial charge in [-0.15, -0.1) is 11.3 Å². The molecule has 0 aliphatic carbocycles. The second-order valence-corrected chi connectivity index (χ2v) is 6.40. The molecule has 0 aliphatic rings. The fourth-order valence-electron chi connectivity index (χ4n) is 1.94. The van der Waals surface area contributed by atoms with Gasteiger partial charge in [-0.25, -0.2) is 9.37 Å². The lowest BCUT2D eigenvalue weighted by atomic mass is 10.2. The monoisotopic (exact) mass is 411 g/mol. The van der Waals surface area contributed by atoms with Gasteiger partial charge in [0.25, 0.3) is 0 Å². The summed E-state index contributed by atoms with van der Waals surface area (Å²) < 4.78 is 19.1. The molecule has 2 aromatic carbocycles. The molecule has 0 fully saturated rings. The highest BCUT2D eigenvalue weighted by molar-refractivity contribution is 14.1. The molecule has 2 nitrogen and oxygen atoms in total. The molecule has 0 unspecified atom stereocenters. The average Bonchev–Trinajstić information content (AvgIpc) is 2.90. The lowest BCUT2D eigenvalue weighted by molar-refractivity contribution is 0.415. The minimum absolute atomic E-state index is 0.228. The van der Waals surface area contributed by atoms with E-state index in [2.05, 4.69) is 27.6 Å². The molecule has 0 spiro atoms. The van der Waals surface area contributed by atoms with Crippen LogP contribution in [-0.4, -0.2) is 12.1 Å². The van der Waals surface area contributed by atoms with Gasteiger partial charge in [-0.05, 0) is 64.6 Å². The standard InChI is InChI=1S/C16H11FINOS/c1-20-13-8-4-11(5-9-13)16-19-15(18)14(21-16)10-2-6-12(17)7-3-10/h2-9H,1H3. The second kappa shape index (κ2) is 6.11. The van der Waals surface area contributed by atoms with Gasteiger partial charge in [-0.2, -0.15) is 0 Å². The zero-order valence-electron chi connectivity index (χ0n) is 11.1. The van der Waals surface area contributed by atoms with Gasteiger partial charge in [0.2, 0.25) is 0 Å². The molecule has 0 saturated carbocycles. The van der Waals surface area contributed by atoms with E-state index in [4.69, 9.17) is 4.74 Å². The molecule has 0 aliphatic heterocycles. The van der Waals surface area contributed by atoms with Crippen molar-refractivity contribution in [3.05, 3.63) is 58.0 Å². The molecule has 0 amide bonds. The summed E-state index contributed by atoms with van der Waals surface area (Å²) in [6.07, 6.45) is 0. The van der Waals surface area contributed by atoms with E-state index in [0.29, 0.717) is 0 Å². The molecule has 0 saturated heterocycles. The van der Waals surface area contributed by atoms with Crippen LogP contribution >= 0.6 is 33.9 Å². The molecule has 106 valence electrons. The predicted octanol–water partition coefficient (Wildman–Crippen LogP) is 5.23. The molecule has 1 aromatic heterocycles. The third kappa shape index (κ3) is 3.08. The number of halogens is 2. The van der Waals surface area contributed by atoms with E-state index < -0.39 is 0 Å². The van der Waals surface area contributed by atoms with E-state index >= 15 is 0 Å². The van der Waals surface area contributed by atoms with E-state index in [1.54, 1.807) is 30.6 Å². The summed E-state index contributed by atoms with van der Waals surface area (Å²) in [6, 6.07) is 14.3. The van der Waals surface area contributed by atoms with Gasteiger partial charge in [0.1, 0.15) is 20.3 Å². The highest BCUT2D eigenvalue weighted by atomic mass is 127. The number of aromatic nitrogens is 1. The van der Waals surface area contributed by atoms with Crippen molar-refractivity contribution in [2.45, 2.75) is 0 Å². The Morgan fingerprint density at radius 1 is 1.00 bits per heavy atom. The Morgan fingerprint density at radius 2 is 1.62 bits per heavy atom. The number of ether oxygens (including phenoxy) is 1. The Hall–Kier alpha value is -1.47. The van der Waals surface area contributed by atoms with Crippen LogP contribution in [0.25, 0.3) is 21.0 Å². The van der Waals surface area contributed by atoms with Gasteiger partial charge in [0.05, 0.1) is 12.0 Å². The topological polar surface area (TPSA) is 22.1 Å². The van der Waals surface area contributed by atoms with Crippen LogP contribution in [0.4, 0.5) is 4.39 Å². The lowest BCUT2D eigenvalue weighted by Gasteiger charge is -2.00. The summed E-state index contributed by atoms with van der Waals surface area (Å²) in [4.78, 5) is 5.66. The highest BCUT2D eigenvalue weighted by Crippen LogP contribution is 2.36. The summed E-state index contributed by atoms with van der Waals surface area (Å²) in [5.41, 5.74) is 2.03. The van der Waals surface area contributed by atoms with Gasteiger partial charge >= 0.3 is 0 Å². The molecule has 3 aromatic rings. The molecule has 0 radical (unpaired) electrons. The molecule has 21 heavy (non-hydrogen) atoms. The van der Waals surface area contributed by atoms with Crippen molar-refractivity contribution in [1.29, 1.82) is 0 Å². The van der Waals surface area contributed by atoms with Gasteiger partial charge in [0, 0.05) is 5.56 Å². The minimum atomic E-state index is -0.228. The number of nitrogens with zero attached hydrogens (tertiary/aromatic N) is 1. The summed E-state index contributed by atoms with van der Waals surface area (Å²) in [5, 5.41) is 0.946. The number of benzene rings is 2. The molecular weight excluding hydrogens is 400 g/mol. The van der Waals surface area contributed by atoms with E-state index in [0.717, 1.165) is 30.5 Å². The van der Waals surface area contributed by atoms with Crippen LogP contribution in [0, 0.1) is 9.52 Å². The molecule has 0 atom stereocenters. The molecule has 1 heterocycles. The van der Waals surface area contributed by atoms with Crippen molar-refractivity contribution >= 4 is 33.9 Å². The van der Waals surface area contributed by atoms with Crippen molar-refractivity contribution in [3.8, 4) is 26.8 Å². The maximum atomic E-state index is 13.0. The average molecular weight is 411 g/mol. The van der Waals surface area contributed by atoms with Crippen molar-refractivity contribution in [1.82, 2.24) is 4.98 Å². The van der Waals surface area contributed by atoms with E-state index in [9.17, 15) is 4.39 Å². The first kappa shape index (κ1) is 14.5. The number of thiazole rings is 1. The first-order valence-electron chi connectivity index (χ1n) is 6.24. The number of methoxy groups -OCH3 is 1. The van der Waals surface area contributed by atoms with Gasteiger partial charge < -0.3 is 4.74 Å². The van der Waals surface area contributed by atoms with Crippen molar-refractivity contribution in [3.63, 3.8) is 0 Å². The van der Waals surface area contributed by atoms with Crippen LogP contribution in [0.5, 0.6) is 5.75 Å². The molecule has 0 bridgehead atoms.